The van der Waals surface area contributed by atoms with Gasteiger partial charge in [-0.15, -0.1) is 0 Å². The molecule has 0 bridgehead atoms. The van der Waals surface area contributed by atoms with Crippen molar-refractivity contribution in [3.8, 4) is 11.3 Å². The van der Waals surface area contributed by atoms with Gasteiger partial charge in [-0.1, -0.05) is 57.2 Å². The molecule has 0 spiro atoms. The maximum Gasteiger partial charge on any atom is 0.229 e. The van der Waals surface area contributed by atoms with Crippen LogP contribution >= 0.6 is 0 Å². The van der Waals surface area contributed by atoms with E-state index in [1.54, 1.807) is 30.5 Å². The second kappa shape index (κ2) is 8.73. The minimum atomic E-state index is -0.492. The molecule has 0 atom stereocenters. The summed E-state index contributed by atoms with van der Waals surface area (Å²) in [5.41, 5.74) is 1.72. The summed E-state index contributed by atoms with van der Waals surface area (Å²) in [6.07, 6.45) is 2.32. The first-order valence-corrected chi connectivity index (χ1v) is 9.53. The Balaban J connectivity index is 1.54. The molecule has 150 valence electrons. The largest absolute Gasteiger partial charge is 0.441 e. The molecule has 2 aromatic carbocycles. The third kappa shape index (κ3) is 5.78. The molecular formula is C23H25N3O3. The zero-order chi connectivity index (χ0) is 20.9. The number of carbonyl (C=O) groups excluding carboxylic acids is 2. The molecule has 3 rings (SSSR count). The van der Waals surface area contributed by atoms with Crippen molar-refractivity contribution in [1.82, 2.24) is 4.98 Å². The molecule has 1 aromatic heterocycles. The monoisotopic (exact) mass is 391 g/mol. The summed E-state index contributed by atoms with van der Waals surface area (Å²) in [7, 11) is 0. The summed E-state index contributed by atoms with van der Waals surface area (Å²) in [6, 6.07) is 16.8. The van der Waals surface area contributed by atoms with Crippen molar-refractivity contribution >= 4 is 23.2 Å². The Morgan fingerprint density at radius 2 is 1.66 bits per heavy atom. The molecule has 2 amide bonds. The lowest BCUT2D eigenvalue weighted by atomic mass is 9.95. The van der Waals surface area contributed by atoms with Gasteiger partial charge in [0.15, 0.2) is 11.7 Å². The average Bonchev–Trinajstić information content (AvgIpc) is 3.16. The van der Waals surface area contributed by atoms with Crippen LogP contribution < -0.4 is 10.6 Å². The van der Waals surface area contributed by atoms with Gasteiger partial charge >= 0.3 is 0 Å². The second-order valence-electron chi connectivity index (χ2n) is 7.82. The summed E-state index contributed by atoms with van der Waals surface area (Å²) < 4.78 is 5.73. The fourth-order valence-electron chi connectivity index (χ4n) is 2.60. The van der Waals surface area contributed by atoms with Crippen LogP contribution in [0.5, 0.6) is 0 Å². The highest BCUT2D eigenvalue weighted by atomic mass is 16.4. The van der Waals surface area contributed by atoms with Crippen LogP contribution in [0.25, 0.3) is 11.3 Å². The number of aryl methyl sites for hydroxylation is 1. The van der Waals surface area contributed by atoms with Crippen LogP contribution in [0, 0.1) is 5.41 Å². The van der Waals surface area contributed by atoms with Crippen LogP contribution in [-0.2, 0) is 16.0 Å². The second-order valence-corrected chi connectivity index (χ2v) is 7.82. The van der Waals surface area contributed by atoms with Crippen molar-refractivity contribution in [1.29, 1.82) is 0 Å². The van der Waals surface area contributed by atoms with Gasteiger partial charge < -0.3 is 15.1 Å². The van der Waals surface area contributed by atoms with Gasteiger partial charge in [-0.25, -0.2) is 4.98 Å². The van der Waals surface area contributed by atoms with Crippen LogP contribution in [0.2, 0.25) is 0 Å². The molecule has 0 aliphatic carbocycles. The highest BCUT2D eigenvalue weighted by Crippen LogP contribution is 2.22. The van der Waals surface area contributed by atoms with E-state index in [0.29, 0.717) is 29.4 Å². The van der Waals surface area contributed by atoms with E-state index in [9.17, 15) is 9.59 Å². The number of nitrogens with one attached hydrogen (secondary N) is 2. The van der Waals surface area contributed by atoms with E-state index in [-0.39, 0.29) is 18.2 Å². The van der Waals surface area contributed by atoms with Crippen LogP contribution in [0.4, 0.5) is 11.4 Å². The Bertz CT molecular complexity index is 988. The number of rotatable bonds is 6. The molecule has 1 heterocycles. The minimum Gasteiger partial charge on any atom is -0.441 e. The Kier molecular flexibility index (Phi) is 6.12. The number of amides is 2. The molecule has 0 radical (unpaired) electrons. The number of oxazole rings is 1. The SMILES string of the molecule is CC(C)(C)C(=O)Nc1cccc(NC(=O)CCc2ncc(-c3ccccc3)o2)c1. The van der Waals surface area contributed by atoms with Gasteiger partial charge in [0.05, 0.1) is 6.20 Å². The van der Waals surface area contributed by atoms with E-state index in [2.05, 4.69) is 15.6 Å². The van der Waals surface area contributed by atoms with Gasteiger partial charge in [0.1, 0.15) is 0 Å². The maximum atomic E-state index is 12.3. The standard InChI is InChI=1S/C23H25N3O3/c1-23(2,3)22(28)26-18-11-7-10-17(14-18)25-20(27)12-13-21-24-15-19(29-21)16-8-5-4-6-9-16/h4-11,14-15H,12-13H2,1-3H3,(H,25,27)(H,26,28). The molecule has 0 unspecified atom stereocenters. The predicted molar refractivity (Wildman–Crippen MR) is 113 cm³/mol. The fourth-order valence-corrected chi connectivity index (χ4v) is 2.60. The van der Waals surface area contributed by atoms with Gasteiger partial charge in [-0.3, -0.25) is 9.59 Å². The Morgan fingerprint density at radius 3 is 2.34 bits per heavy atom. The first-order chi connectivity index (χ1) is 13.8. The van der Waals surface area contributed by atoms with E-state index in [1.165, 1.54) is 0 Å². The van der Waals surface area contributed by atoms with E-state index < -0.39 is 5.41 Å². The Labute approximate surface area is 170 Å². The van der Waals surface area contributed by atoms with Crippen LogP contribution in [-0.4, -0.2) is 16.8 Å². The predicted octanol–water partition coefficient (Wildman–Crippen LogP) is 4.90. The van der Waals surface area contributed by atoms with E-state index in [1.807, 2.05) is 51.1 Å². The number of nitrogens with zero attached hydrogens (tertiary/aromatic N) is 1. The summed E-state index contributed by atoms with van der Waals surface area (Å²) >= 11 is 0. The highest BCUT2D eigenvalue weighted by Gasteiger charge is 2.21. The van der Waals surface area contributed by atoms with Crippen LogP contribution in [0.15, 0.2) is 65.2 Å². The van der Waals surface area contributed by atoms with Crippen LogP contribution in [0.1, 0.15) is 33.1 Å². The number of anilines is 2. The molecule has 0 aliphatic rings. The number of benzene rings is 2. The molecular weight excluding hydrogens is 366 g/mol. The van der Waals surface area contributed by atoms with Gasteiger partial charge in [-0.05, 0) is 18.2 Å². The normalized spacial score (nSPS) is 11.1. The molecule has 3 aromatic rings. The van der Waals surface area contributed by atoms with Crippen molar-refractivity contribution in [3.63, 3.8) is 0 Å². The number of hydrogen-bond donors (Lipinski definition) is 2. The third-order valence-corrected chi connectivity index (χ3v) is 4.26. The molecule has 0 saturated heterocycles. The van der Waals surface area contributed by atoms with Crippen molar-refractivity contribution in [3.05, 3.63) is 66.7 Å². The molecule has 0 aliphatic heterocycles. The fraction of sp³-hybridized carbons (Fsp3) is 0.261. The Hall–Kier alpha value is -3.41. The molecule has 6 nitrogen and oxygen atoms in total. The number of aromatic nitrogens is 1. The number of carbonyl (C=O) groups is 2. The Morgan fingerprint density at radius 1 is 0.966 bits per heavy atom. The summed E-state index contributed by atoms with van der Waals surface area (Å²) in [6.45, 7) is 5.54. The van der Waals surface area contributed by atoms with Crippen molar-refractivity contribution in [2.24, 2.45) is 5.41 Å². The topological polar surface area (TPSA) is 84.2 Å². The number of hydrogen-bond acceptors (Lipinski definition) is 4. The van der Waals surface area contributed by atoms with E-state index >= 15 is 0 Å². The molecule has 0 fully saturated rings. The van der Waals surface area contributed by atoms with Crippen molar-refractivity contribution in [2.75, 3.05) is 10.6 Å². The summed E-state index contributed by atoms with van der Waals surface area (Å²) in [5, 5.41) is 5.70. The van der Waals surface area contributed by atoms with Crippen molar-refractivity contribution < 1.29 is 14.0 Å². The van der Waals surface area contributed by atoms with E-state index in [4.69, 9.17) is 4.42 Å². The average molecular weight is 391 g/mol. The minimum absolute atomic E-state index is 0.0842. The lowest BCUT2D eigenvalue weighted by molar-refractivity contribution is -0.123. The van der Waals surface area contributed by atoms with Crippen molar-refractivity contribution in [2.45, 2.75) is 33.6 Å². The third-order valence-electron chi connectivity index (χ3n) is 4.26. The zero-order valence-corrected chi connectivity index (χ0v) is 16.9. The highest BCUT2D eigenvalue weighted by molar-refractivity contribution is 5.96. The first-order valence-electron chi connectivity index (χ1n) is 9.53. The van der Waals surface area contributed by atoms with Gasteiger partial charge in [0, 0.05) is 35.2 Å². The summed E-state index contributed by atoms with van der Waals surface area (Å²) in [4.78, 5) is 28.7. The summed E-state index contributed by atoms with van der Waals surface area (Å²) in [5.74, 6) is 0.969. The molecule has 6 heteroatoms. The molecule has 2 N–H and O–H groups in total. The maximum absolute atomic E-state index is 12.3. The quantitative estimate of drug-likeness (QED) is 0.626. The van der Waals surface area contributed by atoms with Gasteiger partial charge in [0.2, 0.25) is 11.8 Å². The van der Waals surface area contributed by atoms with Gasteiger partial charge in [-0.2, -0.15) is 0 Å². The first kappa shape index (κ1) is 20.3. The lowest BCUT2D eigenvalue weighted by Gasteiger charge is -2.18. The lowest BCUT2D eigenvalue weighted by Crippen LogP contribution is -2.27. The zero-order valence-electron chi connectivity index (χ0n) is 16.9. The molecule has 0 saturated carbocycles. The van der Waals surface area contributed by atoms with E-state index in [0.717, 1.165) is 5.56 Å². The van der Waals surface area contributed by atoms with Gasteiger partial charge in [0.25, 0.3) is 0 Å². The van der Waals surface area contributed by atoms with Crippen LogP contribution in [0.3, 0.4) is 0 Å². The smallest absolute Gasteiger partial charge is 0.229 e. The molecule has 29 heavy (non-hydrogen) atoms.